The fourth-order valence-corrected chi connectivity index (χ4v) is 3.57. The van der Waals surface area contributed by atoms with E-state index in [0.29, 0.717) is 24.9 Å². The van der Waals surface area contributed by atoms with Crippen molar-refractivity contribution in [3.8, 4) is 0 Å². The first-order valence-electron chi connectivity index (χ1n) is 10.3. The van der Waals surface area contributed by atoms with Gasteiger partial charge in [0.05, 0.1) is 32.0 Å². The number of benzene rings is 1. The Labute approximate surface area is 183 Å². The molecule has 0 amide bonds. The second-order valence-electron chi connectivity index (χ2n) is 8.39. The lowest BCUT2D eigenvalue weighted by Crippen LogP contribution is -2.46. The van der Waals surface area contributed by atoms with Crippen molar-refractivity contribution < 1.29 is 9.15 Å². The van der Waals surface area contributed by atoms with Crippen LogP contribution in [0.2, 0.25) is 5.02 Å². The van der Waals surface area contributed by atoms with E-state index in [4.69, 9.17) is 20.8 Å². The second-order valence-corrected chi connectivity index (χ2v) is 8.83. The molecule has 164 valence electrons. The molecule has 1 aliphatic heterocycles. The molecule has 8 heteroatoms. The number of ether oxygens (including phenoxy) is 1. The molecule has 1 atom stereocenters. The summed E-state index contributed by atoms with van der Waals surface area (Å²) in [5, 5.41) is 7.46. The number of aromatic nitrogens is 1. The zero-order valence-electron chi connectivity index (χ0n) is 18.2. The summed E-state index contributed by atoms with van der Waals surface area (Å²) in [6, 6.07) is 8.20. The number of halogens is 1. The van der Waals surface area contributed by atoms with Gasteiger partial charge < -0.3 is 19.8 Å². The van der Waals surface area contributed by atoms with Gasteiger partial charge >= 0.3 is 0 Å². The van der Waals surface area contributed by atoms with E-state index < -0.39 is 0 Å². The number of morpholine rings is 1. The van der Waals surface area contributed by atoms with Gasteiger partial charge in [-0.1, -0.05) is 44.5 Å². The molecule has 0 spiro atoms. The van der Waals surface area contributed by atoms with E-state index in [2.05, 4.69) is 52.3 Å². The number of rotatable bonds is 6. The highest BCUT2D eigenvalue weighted by molar-refractivity contribution is 6.30. The SMILES string of the molecule is CN=C(NCc1ncc(C(C)(C)C)o1)NCC(c1cccc(Cl)c1)N1CCOCC1. The van der Waals surface area contributed by atoms with Crippen LogP contribution in [0.3, 0.4) is 0 Å². The molecule has 0 bridgehead atoms. The van der Waals surface area contributed by atoms with E-state index in [0.717, 1.165) is 37.1 Å². The van der Waals surface area contributed by atoms with Crippen LogP contribution in [0.5, 0.6) is 0 Å². The van der Waals surface area contributed by atoms with Gasteiger partial charge in [0.2, 0.25) is 5.89 Å². The quantitative estimate of drug-likeness (QED) is 0.537. The van der Waals surface area contributed by atoms with Crippen LogP contribution < -0.4 is 10.6 Å². The zero-order valence-corrected chi connectivity index (χ0v) is 19.0. The number of hydrogen-bond donors (Lipinski definition) is 2. The maximum absolute atomic E-state index is 6.25. The van der Waals surface area contributed by atoms with E-state index >= 15 is 0 Å². The van der Waals surface area contributed by atoms with Crippen LogP contribution in [0.25, 0.3) is 0 Å². The Kier molecular flexibility index (Phi) is 7.75. The summed E-state index contributed by atoms with van der Waals surface area (Å²) >= 11 is 6.25. The number of hydrogen-bond acceptors (Lipinski definition) is 5. The fraction of sp³-hybridized carbons (Fsp3) is 0.545. The summed E-state index contributed by atoms with van der Waals surface area (Å²) in [6.07, 6.45) is 1.79. The Balaban J connectivity index is 1.62. The summed E-state index contributed by atoms with van der Waals surface area (Å²) in [7, 11) is 1.76. The summed E-state index contributed by atoms with van der Waals surface area (Å²) in [6.45, 7) is 10.7. The predicted octanol–water partition coefficient (Wildman–Crippen LogP) is 3.36. The number of aliphatic imine (C=N–C) groups is 1. The van der Waals surface area contributed by atoms with E-state index in [1.54, 1.807) is 13.2 Å². The normalized spacial score (nSPS) is 17.0. The second kappa shape index (κ2) is 10.3. The van der Waals surface area contributed by atoms with Crippen molar-refractivity contribution in [1.29, 1.82) is 0 Å². The van der Waals surface area contributed by atoms with Gasteiger partial charge in [0, 0.05) is 37.1 Å². The molecule has 1 saturated heterocycles. The van der Waals surface area contributed by atoms with E-state index in [1.807, 2.05) is 18.2 Å². The minimum Gasteiger partial charge on any atom is -0.443 e. The zero-order chi connectivity index (χ0) is 21.6. The number of nitrogens with zero attached hydrogens (tertiary/aromatic N) is 3. The van der Waals surface area contributed by atoms with Crippen molar-refractivity contribution in [1.82, 2.24) is 20.5 Å². The first-order chi connectivity index (χ1) is 14.4. The number of guanidine groups is 1. The highest BCUT2D eigenvalue weighted by Crippen LogP contribution is 2.24. The van der Waals surface area contributed by atoms with Gasteiger partial charge in [-0.15, -0.1) is 0 Å². The molecule has 0 saturated carbocycles. The van der Waals surface area contributed by atoms with Crippen molar-refractivity contribution in [2.24, 2.45) is 4.99 Å². The lowest BCUT2D eigenvalue weighted by molar-refractivity contribution is 0.0170. The average molecular weight is 434 g/mol. The summed E-state index contributed by atoms with van der Waals surface area (Å²) < 4.78 is 11.4. The standard InChI is InChI=1S/C22H32ClN5O2/c1-22(2,3)19-14-25-20(30-19)15-27-21(24-4)26-13-18(28-8-10-29-11-9-28)16-6-5-7-17(23)12-16/h5-7,12,14,18H,8-11,13,15H2,1-4H3,(H2,24,26,27). The lowest BCUT2D eigenvalue weighted by Gasteiger charge is -2.35. The third-order valence-electron chi connectivity index (χ3n) is 5.11. The van der Waals surface area contributed by atoms with Crippen LogP contribution in [0.1, 0.15) is 44.0 Å². The molecule has 1 fully saturated rings. The van der Waals surface area contributed by atoms with Gasteiger partial charge in [-0.25, -0.2) is 4.98 Å². The van der Waals surface area contributed by atoms with Gasteiger partial charge in [0.15, 0.2) is 5.96 Å². The first-order valence-corrected chi connectivity index (χ1v) is 10.7. The van der Waals surface area contributed by atoms with Gasteiger partial charge in [-0.05, 0) is 17.7 Å². The number of nitrogens with one attached hydrogen (secondary N) is 2. The largest absolute Gasteiger partial charge is 0.443 e. The molecule has 1 aromatic heterocycles. The molecular weight excluding hydrogens is 402 g/mol. The Bertz CT molecular complexity index is 840. The predicted molar refractivity (Wildman–Crippen MR) is 120 cm³/mol. The van der Waals surface area contributed by atoms with Gasteiger partial charge in [0.1, 0.15) is 5.76 Å². The van der Waals surface area contributed by atoms with Crippen molar-refractivity contribution in [3.63, 3.8) is 0 Å². The molecule has 1 unspecified atom stereocenters. The highest BCUT2D eigenvalue weighted by atomic mass is 35.5. The van der Waals surface area contributed by atoms with Crippen molar-refractivity contribution in [2.75, 3.05) is 39.9 Å². The number of oxazole rings is 1. The molecule has 2 aromatic rings. The van der Waals surface area contributed by atoms with Crippen molar-refractivity contribution in [3.05, 3.63) is 52.7 Å². The minimum atomic E-state index is -0.0620. The maximum Gasteiger partial charge on any atom is 0.213 e. The molecule has 7 nitrogen and oxygen atoms in total. The summed E-state index contributed by atoms with van der Waals surface area (Å²) in [5.41, 5.74) is 1.11. The topological polar surface area (TPSA) is 74.9 Å². The van der Waals surface area contributed by atoms with Crippen molar-refractivity contribution >= 4 is 17.6 Å². The molecule has 3 rings (SSSR count). The van der Waals surface area contributed by atoms with Crippen LogP contribution in [0.4, 0.5) is 0 Å². The Hall–Kier alpha value is -2.09. The summed E-state index contributed by atoms with van der Waals surface area (Å²) in [5.74, 6) is 2.21. The molecule has 2 heterocycles. The van der Waals surface area contributed by atoms with Crippen LogP contribution in [0.15, 0.2) is 39.9 Å². The van der Waals surface area contributed by atoms with Crippen LogP contribution >= 0.6 is 11.6 Å². The lowest BCUT2D eigenvalue weighted by atomic mass is 9.94. The highest BCUT2D eigenvalue weighted by Gasteiger charge is 2.23. The van der Waals surface area contributed by atoms with Crippen LogP contribution in [-0.2, 0) is 16.7 Å². The molecular formula is C22H32ClN5O2. The molecule has 0 aliphatic carbocycles. The molecule has 0 radical (unpaired) electrons. The molecule has 2 N–H and O–H groups in total. The van der Waals surface area contributed by atoms with Crippen molar-refractivity contribution in [2.45, 2.75) is 38.8 Å². The third-order valence-corrected chi connectivity index (χ3v) is 5.34. The Morgan fingerprint density at radius 2 is 2.03 bits per heavy atom. The van der Waals surface area contributed by atoms with Gasteiger partial charge in [-0.3, -0.25) is 9.89 Å². The minimum absolute atomic E-state index is 0.0620. The fourth-order valence-electron chi connectivity index (χ4n) is 3.37. The average Bonchev–Trinajstić information content (AvgIpc) is 3.21. The Morgan fingerprint density at radius 3 is 2.67 bits per heavy atom. The Morgan fingerprint density at radius 1 is 1.27 bits per heavy atom. The van der Waals surface area contributed by atoms with Gasteiger partial charge in [0.25, 0.3) is 0 Å². The summed E-state index contributed by atoms with van der Waals surface area (Å²) in [4.78, 5) is 11.1. The monoisotopic (exact) mass is 433 g/mol. The molecule has 1 aliphatic rings. The molecule has 1 aromatic carbocycles. The first kappa shape index (κ1) is 22.6. The maximum atomic E-state index is 6.25. The smallest absolute Gasteiger partial charge is 0.213 e. The third kappa shape index (κ3) is 6.20. The van der Waals surface area contributed by atoms with Gasteiger partial charge in [-0.2, -0.15) is 0 Å². The molecule has 30 heavy (non-hydrogen) atoms. The van der Waals surface area contributed by atoms with Crippen LogP contribution in [0, 0.1) is 0 Å². The van der Waals surface area contributed by atoms with E-state index in [-0.39, 0.29) is 11.5 Å². The van der Waals surface area contributed by atoms with E-state index in [9.17, 15) is 0 Å². The van der Waals surface area contributed by atoms with E-state index in [1.165, 1.54) is 5.56 Å². The van der Waals surface area contributed by atoms with Crippen LogP contribution in [-0.4, -0.2) is 55.7 Å².